The molecule has 0 aliphatic rings. The van der Waals surface area contributed by atoms with Gasteiger partial charge >= 0.3 is 5.97 Å². The first-order valence-electron chi connectivity index (χ1n) is 10.4. The highest BCUT2D eigenvalue weighted by atomic mass is 35.5. The van der Waals surface area contributed by atoms with Crippen molar-refractivity contribution in [3.05, 3.63) is 87.4 Å². The molecule has 0 aromatic heterocycles. The summed E-state index contributed by atoms with van der Waals surface area (Å²) in [6, 6.07) is 17.7. The van der Waals surface area contributed by atoms with Crippen molar-refractivity contribution in [1.29, 1.82) is 5.26 Å². The van der Waals surface area contributed by atoms with E-state index in [1.54, 1.807) is 49.4 Å². The van der Waals surface area contributed by atoms with E-state index in [-0.39, 0.29) is 22.1 Å². The van der Waals surface area contributed by atoms with Gasteiger partial charge in [-0.3, -0.25) is 4.79 Å². The largest absolute Gasteiger partial charge is 0.497 e. The van der Waals surface area contributed by atoms with Gasteiger partial charge in [-0.05, 0) is 73.2 Å². The summed E-state index contributed by atoms with van der Waals surface area (Å²) >= 11 is 11.9. The third-order valence-electron chi connectivity index (χ3n) is 4.65. The predicted molar refractivity (Wildman–Crippen MR) is 134 cm³/mol. The maximum atomic E-state index is 12.6. The van der Waals surface area contributed by atoms with Crippen LogP contribution in [0.4, 0.5) is 5.69 Å². The van der Waals surface area contributed by atoms with E-state index >= 15 is 0 Å². The van der Waals surface area contributed by atoms with Gasteiger partial charge in [0.2, 0.25) is 0 Å². The molecule has 1 amide bonds. The van der Waals surface area contributed by atoms with Crippen LogP contribution in [0.25, 0.3) is 6.08 Å². The molecule has 3 aromatic rings. The summed E-state index contributed by atoms with van der Waals surface area (Å²) in [5.41, 5.74) is 1.07. The smallest absolute Gasteiger partial charge is 0.343 e. The van der Waals surface area contributed by atoms with Crippen molar-refractivity contribution < 1.29 is 23.8 Å². The van der Waals surface area contributed by atoms with E-state index in [9.17, 15) is 14.9 Å². The summed E-state index contributed by atoms with van der Waals surface area (Å²) in [4.78, 5) is 25.1. The molecule has 3 rings (SSSR count). The lowest BCUT2D eigenvalue weighted by Crippen LogP contribution is -2.13. The second kappa shape index (κ2) is 11.9. The Bertz CT molecular complexity index is 1310. The van der Waals surface area contributed by atoms with Gasteiger partial charge in [-0.1, -0.05) is 29.3 Å². The van der Waals surface area contributed by atoms with Crippen molar-refractivity contribution in [2.45, 2.75) is 6.92 Å². The van der Waals surface area contributed by atoms with Crippen molar-refractivity contribution in [3.63, 3.8) is 0 Å². The molecule has 35 heavy (non-hydrogen) atoms. The minimum Gasteiger partial charge on any atom is -0.497 e. The van der Waals surface area contributed by atoms with Gasteiger partial charge in [0.25, 0.3) is 5.91 Å². The molecule has 0 radical (unpaired) electrons. The van der Waals surface area contributed by atoms with E-state index in [2.05, 4.69) is 5.32 Å². The second-order valence-electron chi connectivity index (χ2n) is 7.01. The zero-order valence-corrected chi connectivity index (χ0v) is 20.3. The number of nitrogens with one attached hydrogen (secondary N) is 1. The zero-order chi connectivity index (χ0) is 25.4. The fourth-order valence-electron chi connectivity index (χ4n) is 2.94. The highest BCUT2D eigenvalue weighted by molar-refractivity contribution is 6.42. The van der Waals surface area contributed by atoms with Crippen molar-refractivity contribution in [2.75, 3.05) is 19.0 Å². The topological polar surface area (TPSA) is 97.6 Å². The molecule has 0 fully saturated rings. The number of hydrogen-bond acceptors (Lipinski definition) is 6. The Morgan fingerprint density at radius 3 is 2.37 bits per heavy atom. The molecule has 0 aliphatic carbocycles. The number of carbonyl (C=O) groups is 2. The van der Waals surface area contributed by atoms with Crippen LogP contribution in [0, 0.1) is 11.3 Å². The van der Waals surface area contributed by atoms with E-state index in [0.29, 0.717) is 34.2 Å². The molecule has 0 heterocycles. The molecule has 0 bridgehead atoms. The molecule has 0 atom stereocenters. The Hall–Kier alpha value is -3.99. The minimum absolute atomic E-state index is 0.151. The van der Waals surface area contributed by atoms with Crippen molar-refractivity contribution >= 4 is 46.8 Å². The van der Waals surface area contributed by atoms with Crippen LogP contribution < -0.4 is 19.5 Å². The highest BCUT2D eigenvalue weighted by Crippen LogP contribution is 2.31. The Morgan fingerprint density at radius 2 is 1.74 bits per heavy atom. The molecule has 7 nitrogen and oxygen atoms in total. The summed E-state index contributed by atoms with van der Waals surface area (Å²) in [5, 5.41) is 12.7. The van der Waals surface area contributed by atoms with E-state index in [1.807, 2.05) is 6.07 Å². The predicted octanol–water partition coefficient (Wildman–Crippen LogP) is 6.17. The van der Waals surface area contributed by atoms with Crippen LogP contribution in [-0.4, -0.2) is 25.6 Å². The SMILES string of the molecule is CCOc1cc(/C=C(\C#N)C(=O)Nc2ccc(Cl)c(Cl)c2)ccc1OC(=O)c1ccc(OC)cc1. The number of methoxy groups -OCH3 is 1. The normalized spacial score (nSPS) is 10.8. The van der Waals surface area contributed by atoms with Gasteiger partial charge < -0.3 is 19.5 Å². The second-order valence-corrected chi connectivity index (χ2v) is 7.82. The molecule has 9 heteroatoms. The molecular weight excluding hydrogens is 491 g/mol. The van der Waals surface area contributed by atoms with Crippen LogP contribution in [0.5, 0.6) is 17.2 Å². The summed E-state index contributed by atoms with van der Waals surface area (Å²) in [6.07, 6.45) is 1.39. The van der Waals surface area contributed by atoms with Crippen LogP contribution in [0.1, 0.15) is 22.8 Å². The summed E-state index contributed by atoms with van der Waals surface area (Å²) in [7, 11) is 1.53. The number of carbonyl (C=O) groups excluding carboxylic acids is 2. The summed E-state index contributed by atoms with van der Waals surface area (Å²) < 4.78 is 16.2. The number of anilines is 1. The lowest BCUT2D eigenvalue weighted by molar-refractivity contribution is -0.112. The fourth-order valence-corrected chi connectivity index (χ4v) is 3.24. The number of ether oxygens (including phenoxy) is 3. The van der Waals surface area contributed by atoms with Crippen molar-refractivity contribution in [3.8, 4) is 23.3 Å². The third-order valence-corrected chi connectivity index (χ3v) is 5.39. The summed E-state index contributed by atoms with van der Waals surface area (Å²) in [6.45, 7) is 2.09. The molecule has 0 aliphatic heterocycles. The average molecular weight is 511 g/mol. The number of rotatable bonds is 8. The maximum Gasteiger partial charge on any atom is 0.343 e. The molecular formula is C26H20Cl2N2O5. The van der Waals surface area contributed by atoms with Crippen LogP contribution in [0.3, 0.4) is 0 Å². The van der Waals surface area contributed by atoms with E-state index < -0.39 is 11.9 Å². The first-order chi connectivity index (χ1) is 16.8. The molecule has 178 valence electrons. The third kappa shape index (κ3) is 6.76. The first kappa shape index (κ1) is 25.6. The zero-order valence-electron chi connectivity index (χ0n) is 18.8. The van der Waals surface area contributed by atoms with Gasteiger partial charge in [0.1, 0.15) is 17.4 Å². The average Bonchev–Trinajstić information content (AvgIpc) is 2.86. The maximum absolute atomic E-state index is 12.6. The quantitative estimate of drug-likeness (QED) is 0.168. The van der Waals surface area contributed by atoms with Crippen molar-refractivity contribution in [2.24, 2.45) is 0 Å². The molecule has 0 unspecified atom stereocenters. The Labute approximate surface area is 212 Å². The van der Waals surface area contributed by atoms with Gasteiger partial charge in [-0.2, -0.15) is 5.26 Å². The van der Waals surface area contributed by atoms with Gasteiger partial charge in [0.15, 0.2) is 11.5 Å². The lowest BCUT2D eigenvalue weighted by atomic mass is 10.1. The lowest BCUT2D eigenvalue weighted by Gasteiger charge is -2.12. The molecule has 0 saturated carbocycles. The van der Waals surface area contributed by atoms with Crippen LogP contribution in [0.15, 0.2) is 66.2 Å². The van der Waals surface area contributed by atoms with Gasteiger partial charge in [-0.15, -0.1) is 0 Å². The van der Waals surface area contributed by atoms with Gasteiger partial charge in [0, 0.05) is 5.69 Å². The molecule has 3 aromatic carbocycles. The Kier molecular flexibility index (Phi) is 8.74. The fraction of sp³-hybridized carbons (Fsp3) is 0.115. The minimum atomic E-state index is -0.626. The Balaban J connectivity index is 1.81. The van der Waals surface area contributed by atoms with Crippen LogP contribution in [0.2, 0.25) is 10.0 Å². The standard InChI is InChI=1S/C26H20Cl2N2O5/c1-3-34-24-13-16(4-11-23(24)35-26(32)17-5-8-20(33-2)9-6-17)12-18(15-29)25(31)30-19-7-10-21(27)22(28)14-19/h4-14H,3H2,1-2H3,(H,30,31)/b18-12+. The van der Waals surface area contributed by atoms with E-state index in [0.717, 1.165) is 0 Å². The molecule has 1 N–H and O–H groups in total. The number of nitrogens with zero attached hydrogens (tertiary/aromatic N) is 1. The van der Waals surface area contributed by atoms with Crippen molar-refractivity contribution in [1.82, 2.24) is 0 Å². The number of nitriles is 1. The molecule has 0 spiro atoms. The Morgan fingerprint density at radius 1 is 1.00 bits per heavy atom. The highest BCUT2D eigenvalue weighted by Gasteiger charge is 2.15. The first-order valence-corrected chi connectivity index (χ1v) is 11.1. The number of benzene rings is 3. The van der Waals surface area contributed by atoms with E-state index in [1.165, 1.54) is 31.4 Å². The van der Waals surface area contributed by atoms with Gasteiger partial charge in [0.05, 0.1) is 29.3 Å². The molecule has 0 saturated heterocycles. The van der Waals surface area contributed by atoms with Gasteiger partial charge in [-0.25, -0.2) is 4.79 Å². The number of esters is 1. The number of hydrogen-bond donors (Lipinski definition) is 1. The van der Waals surface area contributed by atoms with E-state index in [4.69, 9.17) is 37.4 Å². The monoisotopic (exact) mass is 510 g/mol. The number of halogens is 2. The number of amides is 1. The van der Waals surface area contributed by atoms with Crippen LogP contribution >= 0.6 is 23.2 Å². The summed E-state index contributed by atoms with van der Waals surface area (Å²) in [5.74, 6) is -0.104. The van der Waals surface area contributed by atoms with Crippen LogP contribution in [-0.2, 0) is 4.79 Å².